The van der Waals surface area contributed by atoms with Crippen LogP contribution in [0.15, 0.2) is 88.1 Å². The lowest BCUT2D eigenvalue weighted by Gasteiger charge is -2.25. The monoisotopic (exact) mass is 411 g/mol. The summed E-state index contributed by atoms with van der Waals surface area (Å²) in [5.74, 6) is -0.720. The molecule has 0 aliphatic carbocycles. The Bertz CT molecular complexity index is 1370. The van der Waals surface area contributed by atoms with Crippen LogP contribution in [0.2, 0.25) is 0 Å². The summed E-state index contributed by atoms with van der Waals surface area (Å²) in [6.07, 6.45) is 0.107. The predicted molar refractivity (Wildman–Crippen MR) is 115 cm³/mol. The predicted octanol–water partition coefficient (Wildman–Crippen LogP) is 4.50. The first-order valence-corrected chi connectivity index (χ1v) is 9.81. The molecule has 0 bridgehead atoms. The summed E-state index contributed by atoms with van der Waals surface area (Å²) in [6.45, 7) is 0. The Labute approximate surface area is 177 Å². The first kappa shape index (κ1) is 18.8. The van der Waals surface area contributed by atoms with Gasteiger partial charge in [-0.05, 0) is 47.5 Å². The van der Waals surface area contributed by atoms with Crippen molar-refractivity contribution in [1.29, 1.82) is 0 Å². The summed E-state index contributed by atoms with van der Waals surface area (Å²) in [4.78, 5) is 36.7. The molecule has 4 aromatic rings. The fourth-order valence-corrected chi connectivity index (χ4v) is 3.73. The van der Waals surface area contributed by atoms with E-state index in [1.54, 1.807) is 42.5 Å². The Morgan fingerprint density at radius 1 is 0.903 bits per heavy atom. The number of ether oxygens (including phenoxy) is 1. The number of carbonyl (C=O) groups excluding carboxylic acids is 2. The fraction of sp³-hybridized carbons (Fsp3) is 0.0800. The molecule has 1 aliphatic heterocycles. The van der Waals surface area contributed by atoms with Crippen LogP contribution in [-0.2, 0) is 11.2 Å². The summed E-state index contributed by atoms with van der Waals surface area (Å²) in [6, 6.07) is 22.6. The van der Waals surface area contributed by atoms with E-state index in [1.165, 1.54) is 6.07 Å². The molecular weight excluding hydrogens is 394 g/mol. The van der Waals surface area contributed by atoms with Crippen LogP contribution in [0.1, 0.15) is 37.9 Å². The van der Waals surface area contributed by atoms with Gasteiger partial charge in [-0.25, -0.2) is 9.59 Å². The molecule has 0 saturated carbocycles. The van der Waals surface area contributed by atoms with E-state index in [2.05, 4.69) is 5.32 Å². The molecule has 1 atom stereocenters. The van der Waals surface area contributed by atoms with Gasteiger partial charge in [0.2, 0.25) is 0 Å². The number of fused-ring (bicyclic) bond motifs is 2. The summed E-state index contributed by atoms with van der Waals surface area (Å²) in [7, 11) is 0. The van der Waals surface area contributed by atoms with Crippen LogP contribution in [0.3, 0.4) is 0 Å². The third-order valence-electron chi connectivity index (χ3n) is 5.29. The quantitative estimate of drug-likeness (QED) is 0.396. The second-order valence-corrected chi connectivity index (χ2v) is 7.34. The maximum absolute atomic E-state index is 12.8. The zero-order valence-electron chi connectivity index (χ0n) is 16.3. The zero-order chi connectivity index (χ0) is 21.4. The van der Waals surface area contributed by atoms with Crippen molar-refractivity contribution >= 4 is 28.5 Å². The van der Waals surface area contributed by atoms with Crippen molar-refractivity contribution in [2.75, 3.05) is 5.32 Å². The van der Waals surface area contributed by atoms with Gasteiger partial charge < -0.3 is 14.5 Å². The van der Waals surface area contributed by atoms with E-state index in [9.17, 15) is 14.4 Å². The smallest absolute Gasteiger partial charge is 0.339 e. The standard InChI is InChI=1S/C25H17NO5/c27-23-11-8-16-6-9-19(14-22(16)30-23)26-24(28)17-7-10-20-18(12-17)13-21(31-25(20)29)15-4-2-1-3-5-15/h1-12,14,21H,13H2,(H,26,28)/t21-/m1/s1. The minimum Gasteiger partial charge on any atom is -0.454 e. The Kier molecular flexibility index (Phi) is 4.59. The van der Waals surface area contributed by atoms with Crippen LogP contribution < -0.4 is 10.9 Å². The maximum Gasteiger partial charge on any atom is 0.339 e. The number of nitrogens with one attached hydrogen (secondary N) is 1. The minimum atomic E-state index is -0.453. The van der Waals surface area contributed by atoms with Gasteiger partial charge in [0, 0.05) is 35.2 Å². The van der Waals surface area contributed by atoms with E-state index >= 15 is 0 Å². The van der Waals surface area contributed by atoms with Gasteiger partial charge in [-0.2, -0.15) is 0 Å². The molecule has 1 aromatic heterocycles. The van der Waals surface area contributed by atoms with E-state index in [0.717, 1.165) is 16.5 Å². The molecule has 5 rings (SSSR count). The Balaban J connectivity index is 1.41. The van der Waals surface area contributed by atoms with Crippen LogP contribution in [0, 0.1) is 0 Å². The highest BCUT2D eigenvalue weighted by Crippen LogP contribution is 2.31. The lowest BCUT2D eigenvalue weighted by atomic mass is 9.93. The summed E-state index contributed by atoms with van der Waals surface area (Å²) in [5, 5.41) is 3.57. The molecule has 0 fully saturated rings. The number of hydrogen-bond donors (Lipinski definition) is 1. The molecule has 1 amide bonds. The van der Waals surface area contributed by atoms with Crippen molar-refractivity contribution in [3.63, 3.8) is 0 Å². The van der Waals surface area contributed by atoms with Gasteiger partial charge in [0.15, 0.2) is 0 Å². The molecule has 31 heavy (non-hydrogen) atoms. The Morgan fingerprint density at radius 2 is 1.71 bits per heavy atom. The highest BCUT2D eigenvalue weighted by atomic mass is 16.5. The number of anilines is 1. The zero-order valence-corrected chi connectivity index (χ0v) is 16.3. The van der Waals surface area contributed by atoms with Gasteiger partial charge in [-0.1, -0.05) is 30.3 Å². The van der Waals surface area contributed by atoms with E-state index in [0.29, 0.717) is 28.8 Å². The van der Waals surface area contributed by atoms with Crippen molar-refractivity contribution in [2.45, 2.75) is 12.5 Å². The van der Waals surface area contributed by atoms with Crippen LogP contribution in [0.25, 0.3) is 11.0 Å². The number of esters is 1. The number of hydrogen-bond acceptors (Lipinski definition) is 5. The van der Waals surface area contributed by atoms with E-state index in [1.807, 2.05) is 30.3 Å². The van der Waals surface area contributed by atoms with Crippen molar-refractivity contribution in [2.24, 2.45) is 0 Å². The highest BCUT2D eigenvalue weighted by Gasteiger charge is 2.28. The molecule has 0 spiro atoms. The van der Waals surface area contributed by atoms with Gasteiger partial charge >= 0.3 is 11.6 Å². The molecule has 1 N–H and O–H groups in total. The van der Waals surface area contributed by atoms with Gasteiger partial charge in [0.1, 0.15) is 11.7 Å². The second kappa shape index (κ2) is 7.57. The Morgan fingerprint density at radius 3 is 2.55 bits per heavy atom. The van der Waals surface area contributed by atoms with Gasteiger partial charge in [-0.15, -0.1) is 0 Å². The third kappa shape index (κ3) is 3.71. The number of cyclic esters (lactones) is 1. The van der Waals surface area contributed by atoms with Crippen LogP contribution >= 0.6 is 0 Å². The van der Waals surface area contributed by atoms with Gasteiger partial charge in [0.25, 0.3) is 5.91 Å². The van der Waals surface area contributed by atoms with Crippen LogP contribution in [0.4, 0.5) is 5.69 Å². The molecule has 0 saturated heterocycles. The van der Waals surface area contributed by atoms with Crippen molar-refractivity contribution in [1.82, 2.24) is 0 Å². The largest absolute Gasteiger partial charge is 0.454 e. The number of carbonyl (C=O) groups is 2. The van der Waals surface area contributed by atoms with E-state index < -0.39 is 11.6 Å². The molecule has 0 radical (unpaired) electrons. The summed E-state index contributed by atoms with van der Waals surface area (Å²) < 4.78 is 10.7. The lowest BCUT2D eigenvalue weighted by molar-refractivity contribution is 0.0252. The van der Waals surface area contributed by atoms with Crippen molar-refractivity contribution in [3.05, 3.63) is 112 Å². The first-order valence-electron chi connectivity index (χ1n) is 9.81. The fourth-order valence-electron chi connectivity index (χ4n) is 3.73. The topological polar surface area (TPSA) is 85.6 Å². The normalized spacial score (nSPS) is 15.2. The second-order valence-electron chi connectivity index (χ2n) is 7.34. The minimum absolute atomic E-state index is 0.323. The summed E-state index contributed by atoms with van der Waals surface area (Å²) >= 11 is 0. The molecule has 6 nitrogen and oxygen atoms in total. The van der Waals surface area contributed by atoms with Gasteiger partial charge in [-0.3, -0.25) is 4.79 Å². The molecule has 3 aromatic carbocycles. The summed E-state index contributed by atoms with van der Waals surface area (Å²) in [5.41, 5.74) is 3.02. The molecule has 0 unspecified atom stereocenters. The molecule has 2 heterocycles. The first-order chi connectivity index (χ1) is 15.1. The van der Waals surface area contributed by atoms with E-state index in [4.69, 9.17) is 9.15 Å². The van der Waals surface area contributed by atoms with Crippen LogP contribution in [0.5, 0.6) is 0 Å². The third-order valence-corrected chi connectivity index (χ3v) is 5.29. The molecular formula is C25H17NO5. The SMILES string of the molecule is O=C(Nc1ccc2ccc(=O)oc2c1)c1ccc2c(c1)C[C@H](c1ccccc1)OC2=O. The highest BCUT2D eigenvalue weighted by molar-refractivity contribution is 6.06. The number of benzene rings is 3. The molecule has 152 valence electrons. The Hall–Kier alpha value is -4.19. The molecule has 1 aliphatic rings. The maximum atomic E-state index is 12.8. The van der Waals surface area contributed by atoms with E-state index in [-0.39, 0.29) is 12.0 Å². The van der Waals surface area contributed by atoms with Crippen molar-refractivity contribution in [3.8, 4) is 0 Å². The van der Waals surface area contributed by atoms with Gasteiger partial charge in [0.05, 0.1) is 5.56 Å². The number of rotatable bonds is 3. The van der Waals surface area contributed by atoms with Crippen LogP contribution in [-0.4, -0.2) is 11.9 Å². The number of amides is 1. The lowest BCUT2D eigenvalue weighted by Crippen LogP contribution is -2.23. The molecule has 6 heteroatoms. The van der Waals surface area contributed by atoms with Crippen molar-refractivity contribution < 1.29 is 18.7 Å². The average molecular weight is 411 g/mol. The average Bonchev–Trinajstić information content (AvgIpc) is 2.79.